The third-order valence-corrected chi connectivity index (χ3v) is 3.50. The zero-order valence-electron chi connectivity index (χ0n) is 10.7. The van der Waals surface area contributed by atoms with Gasteiger partial charge in [-0.15, -0.1) is 0 Å². The van der Waals surface area contributed by atoms with Crippen LogP contribution in [0.1, 0.15) is 11.1 Å². The summed E-state index contributed by atoms with van der Waals surface area (Å²) in [5, 5.41) is 0.672. The second kappa shape index (κ2) is 6.31. The second-order valence-corrected chi connectivity index (χ2v) is 5.51. The van der Waals surface area contributed by atoms with Crippen molar-refractivity contribution in [3.63, 3.8) is 0 Å². The van der Waals surface area contributed by atoms with E-state index in [4.69, 9.17) is 21.1 Å². The van der Waals surface area contributed by atoms with Crippen molar-refractivity contribution in [2.24, 2.45) is 0 Å². The number of halogens is 2. The number of ether oxygens (including phenoxy) is 2. The van der Waals surface area contributed by atoms with Crippen LogP contribution >= 0.6 is 27.5 Å². The SMILES string of the molecule is COc1ccc(Cl)cc1COc1cc(Br)ccc1C. The molecule has 0 atom stereocenters. The van der Waals surface area contributed by atoms with Crippen LogP contribution in [0.2, 0.25) is 5.02 Å². The molecule has 0 unspecified atom stereocenters. The van der Waals surface area contributed by atoms with Crippen LogP contribution in [0.5, 0.6) is 11.5 Å². The van der Waals surface area contributed by atoms with Gasteiger partial charge in [0.2, 0.25) is 0 Å². The molecule has 0 bridgehead atoms. The van der Waals surface area contributed by atoms with Gasteiger partial charge in [-0.3, -0.25) is 0 Å². The van der Waals surface area contributed by atoms with Crippen LogP contribution in [-0.2, 0) is 6.61 Å². The van der Waals surface area contributed by atoms with Crippen LogP contribution in [0.4, 0.5) is 0 Å². The monoisotopic (exact) mass is 340 g/mol. The predicted molar refractivity (Wildman–Crippen MR) is 81.2 cm³/mol. The van der Waals surface area contributed by atoms with Crippen molar-refractivity contribution in [1.29, 1.82) is 0 Å². The fraction of sp³-hybridized carbons (Fsp3) is 0.200. The molecule has 4 heteroatoms. The average molecular weight is 342 g/mol. The first-order chi connectivity index (χ1) is 9.10. The topological polar surface area (TPSA) is 18.5 Å². The molecule has 2 rings (SSSR count). The maximum Gasteiger partial charge on any atom is 0.125 e. The van der Waals surface area contributed by atoms with E-state index in [0.29, 0.717) is 11.6 Å². The van der Waals surface area contributed by atoms with E-state index in [-0.39, 0.29) is 0 Å². The summed E-state index contributed by atoms with van der Waals surface area (Å²) in [5.41, 5.74) is 2.01. The number of methoxy groups -OCH3 is 1. The molecule has 0 radical (unpaired) electrons. The molecule has 0 fully saturated rings. The highest BCUT2D eigenvalue weighted by Crippen LogP contribution is 2.27. The number of rotatable bonds is 4. The Hall–Kier alpha value is -1.19. The highest BCUT2D eigenvalue weighted by molar-refractivity contribution is 9.10. The van der Waals surface area contributed by atoms with Gasteiger partial charge in [-0.25, -0.2) is 0 Å². The fourth-order valence-corrected chi connectivity index (χ4v) is 2.28. The van der Waals surface area contributed by atoms with E-state index in [0.717, 1.165) is 27.1 Å². The number of benzene rings is 2. The Morgan fingerprint density at radius 2 is 1.89 bits per heavy atom. The van der Waals surface area contributed by atoms with E-state index in [1.165, 1.54) is 0 Å². The summed E-state index contributed by atoms with van der Waals surface area (Å²) in [6.45, 7) is 2.43. The van der Waals surface area contributed by atoms with E-state index < -0.39 is 0 Å². The zero-order chi connectivity index (χ0) is 13.8. The van der Waals surface area contributed by atoms with Gasteiger partial charge in [0.1, 0.15) is 18.1 Å². The van der Waals surface area contributed by atoms with Crippen molar-refractivity contribution in [2.75, 3.05) is 7.11 Å². The van der Waals surface area contributed by atoms with Gasteiger partial charge in [0.15, 0.2) is 0 Å². The van der Waals surface area contributed by atoms with E-state index in [1.54, 1.807) is 13.2 Å². The van der Waals surface area contributed by atoms with Gasteiger partial charge in [0, 0.05) is 15.1 Å². The first-order valence-electron chi connectivity index (χ1n) is 5.81. The molecule has 0 N–H and O–H groups in total. The Balaban J connectivity index is 2.18. The molecule has 2 nitrogen and oxygen atoms in total. The van der Waals surface area contributed by atoms with Gasteiger partial charge in [-0.05, 0) is 42.8 Å². The molecule has 0 saturated carbocycles. The van der Waals surface area contributed by atoms with Crippen molar-refractivity contribution in [1.82, 2.24) is 0 Å². The number of aryl methyl sites for hydroxylation is 1. The molecule has 0 aliphatic carbocycles. The summed E-state index contributed by atoms with van der Waals surface area (Å²) in [5.74, 6) is 1.62. The summed E-state index contributed by atoms with van der Waals surface area (Å²) < 4.78 is 12.1. The van der Waals surface area contributed by atoms with Crippen molar-refractivity contribution < 1.29 is 9.47 Å². The maximum atomic E-state index is 5.99. The quantitative estimate of drug-likeness (QED) is 0.779. The summed E-state index contributed by atoms with van der Waals surface area (Å²) in [4.78, 5) is 0. The van der Waals surface area contributed by atoms with Crippen LogP contribution in [0.25, 0.3) is 0 Å². The zero-order valence-corrected chi connectivity index (χ0v) is 13.1. The highest BCUT2D eigenvalue weighted by atomic mass is 79.9. The summed E-state index contributed by atoms with van der Waals surface area (Å²) in [6.07, 6.45) is 0. The summed E-state index contributed by atoms with van der Waals surface area (Å²) in [6, 6.07) is 11.4. The minimum absolute atomic E-state index is 0.418. The minimum Gasteiger partial charge on any atom is -0.496 e. The molecule has 2 aromatic rings. The van der Waals surface area contributed by atoms with Gasteiger partial charge in [0.05, 0.1) is 7.11 Å². The van der Waals surface area contributed by atoms with Gasteiger partial charge in [0.25, 0.3) is 0 Å². The fourth-order valence-electron chi connectivity index (χ4n) is 1.74. The number of hydrogen-bond donors (Lipinski definition) is 0. The van der Waals surface area contributed by atoms with E-state index in [1.807, 2.05) is 37.3 Å². The summed E-state index contributed by atoms with van der Waals surface area (Å²) >= 11 is 9.43. The van der Waals surface area contributed by atoms with Crippen LogP contribution < -0.4 is 9.47 Å². The third kappa shape index (κ3) is 3.64. The van der Waals surface area contributed by atoms with Crippen molar-refractivity contribution in [3.05, 3.63) is 57.0 Å². The minimum atomic E-state index is 0.418. The molecule has 19 heavy (non-hydrogen) atoms. The van der Waals surface area contributed by atoms with Gasteiger partial charge < -0.3 is 9.47 Å². The Morgan fingerprint density at radius 1 is 1.11 bits per heavy atom. The van der Waals surface area contributed by atoms with Gasteiger partial charge >= 0.3 is 0 Å². The molecule has 0 amide bonds. The van der Waals surface area contributed by atoms with Crippen molar-refractivity contribution in [3.8, 4) is 11.5 Å². The molecular formula is C15H14BrClO2. The molecule has 100 valence electrons. The molecule has 0 heterocycles. The summed E-state index contributed by atoms with van der Waals surface area (Å²) in [7, 11) is 1.64. The largest absolute Gasteiger partial charge is 0.496 e. The average Bonchev–Trinajstić information content (AvgIpc) is 2.40. The van der Waals surface area contributed by atoms with Crippen LogP contribution in [0.15, 0.2) is 40.9 Å². The first-order valence-corrected chi connectivity index (χ1v) is 6.98. The second-order valence-electron chi connectivity index (χ2n) is 4.15. The van der Waals surface area contributed by atoms with E-state index >= 15 is 0 Å². The van der Waals surface area contributed by atoms with Gasteiger partial charge in [-0.2, -0.15) is 0 Å². The lowest BCUT2D eigenvalue weighted by atomic mass is 10.2. The Bertz CT molecular complexity index is 584. The van der Waals surface area contributed by atoms with E-state index in [9.17, 15) is 0 Å². The first kappa shape index (κ1) is 14.2. The molecule has 0 aliphatic rings. The molecule has 0 aromatic heterocycles. The van der Waals surface area contributed by atoms with Crippen LogP contribution in [0.3, 0.4) is 0 Å². The molecular weight excluding hydrogens is 328 g/mol. The lowest BCUT2D eigenvalue weighted by Gasteiger charge is -2.12. The lowest BCUT2D eigenvalue weighted by Crippen LogP contribution is -2.00. The van der Waals surface area contributed by atoms with Crippen molar-refractivity contribution in [2.45, 2.75) is 13.5 Å². The van der Waals surface area contributed by atoms with Crippen molar-refractivity contribution >= 4 is 27.5 Å². The Morgan fingerprint density at radius 3 is 2.63 bits per heavy atom. The maximum absolute atomic E-state index is 5.99. The Kier molecular flexibility index (Phi) is 4.72. The predicted octanol–water partition coefficient (Wildman–Crippen LogP) is 5.00. The Labute approximate surface area is 126 Å². The highest BCUT2D eigenvalue weighted by Gasteiger charge is 2.06. The van der Waals surface area contributed by atoms with Crippen LogP contribution in [0, 0.1) is 6.92 Å². The van der Waals surface area contributed by atoms with Crippen LogP contribution in [-0.4, -0.2) is 7.11 Å². The standard InChI is InChI=1S/C15H14BrClO2/c1-10-3-4-12(16)8-15(10)19-9-11-7-13(17)5-6-14(11)18-2/h3-8H,9H2,1-2H3. The lowest BCUT2D eigenvalue weighted by molar-refractivity contribution is 0.294. The normalized spacial score (nSPS) is 10.3. The van der Waals surface area contributed by atoms with Gasteiger partial charge in [-0.1, -0.05) is 33.6 Å². The molecule has 2 aromatic carbocycles. The van der Waals surface area contributed by atoms with E-state index in [2.05, 4.69) is 15.9 Å². The third-order valence-electron chi connectivity index (χ3n) is 2.78. The number of hydrogen-bond acceptors (Lipinski definition) is 2. The molecule has 0 spiro atoms. The smallest absolute Gasteiger partial charge is 0.125 e. The molecule has 0 aliphatic heterocycles. The molecule has 0 saturated heterocycles.